The Bertz CT molecular complexity index is 812. The van der Waals surface area contributed by atoms with E-state index in [0.29, 0.717) is 0 Å². The molecule has 4 rings (SSSR count). The highest BCUT2D eigenvalue weighted by Gasteiger charge is 2.36. The number of thiophene rings is 1. The number of hydrogen-bond acceptors (Lipinski definition) is 5. The van der Waals surface area contributed by atoms with Gasteiger partial charge >= 0.3 is 0 Å². The maximum Gasteiger partial charge on any atom is 0.230 e. The number of amides is 1. The van der Waals surface area contributed by atoms with E-state index in [1.807, 2.05) is 40.5 Å². The van der Waals surface area contributed by atoms with Gasteiger partial charge in [0.25, 0.3) is 0 Å². The van der Waals surface area contributed by atoms with Crippen molar-refractivity contribution in [3.8, 4) is 5.75 Å². The summed E-state index contributed by atoms with van der Waals surface area (Å²) in [6, 6.07) is 12.5. The first kappa shape index (κ1) is 22.3. The van der Waals surface area contributed by atoms with Gasteiger partial charge in [-0.25, -0.2) is 0 Å². The minimum Gasteiger partial charge on any atom is -0.497 e. The van der Waals surface area contributed by atoms with Crippen LogP contribution in [-0.2, 0) is 11.2 Å². The highest BCUT2D eigenvalue weighted by atomic mass is 32.1. The Labute approximate surface area is 190 Å². The average molecular weight is 442 g/mol. The average Bonchev–Trinajstić information content (AvgIpc) is 3.53. The van der Waals surface area contributed by atoms with Crippen LogP contribution in [0.5, 0.6) is 5.75 Å². The van der Waals surface area contributed by atoms with Gasteiger partial charge in [0.2, 0.25) is 5.91 Å². The van der Waals surface area contributed by atoms with E-state index >= 15 is 0 Å². The molecule has 168 valence electrons. The number of ether oxygens (including phenoxy) is 1. The van der Waals surface area contributed by atoms with Crippen LogP contribution in [0.3, 0.4) is 0 Å². The summed E-state index contributed by atoms with van der Waals surface area (Å²) in [4.78, 5) is 21.7. The second kappa shape index (κ2) is 10.6. The fourth-order valence-corrected chi connectivity index (χ4v) is 5.03. The molecule has 0 radical (unpaired) electrons. The molecule has 1 amide bonds. The van der Waals surface area contributed by atoms with Crippen molar-refractivity contribution >= 4 is 22.9 Å². The predicted octanol–water partition coefficient (Wildman–Crippen LogP) is 4.14. The number of piperazine rings is 1. The van der Waals surface area contributed by atoms with Crippen molar-refractivity contribution in [2.75, 3.05) is 51.3 Å². The van der Waals surface area contributed by atoms with Crippen molar-refractivity contribution in [3.63, 3.8) is 0 Å². The quantitative estimate of drug-likeness (QED) is 0.555. The van der Waals surface area contributed by atoms with Crippen LogP contribution in [0.25, 0.3) is 0 Å². The third-order valence-corrected chi connectivity index (χ3v) is 7.47. The van der Waals surface area contributed by atoms with Crippen molar-refractivity contribution < 1.29 is 9.53 Å². The molecule has 1 unspecified atom stereocenters. The minimum absolute atomic E-state index is 0.193. The van der Waals surface area contributed by atoms with E-state index in [-0.39, 0.29) is 17.9 Å². The van der Waals surface area contributed by atoms with E-state index in [0.717, 1.165) is 76.4 Å². The first-order chi connectivity index (χ1) is 15.1. The van der Waals surface area contributed by atoms with Crippen LogP contribution in [0.4, 0.5) is 5.69 Å². The van der Waals surface area contributed by atoms with Crippen molar-refractivity contribution in [3.05, 3.63) is 46.7 Å². The SMILES string of the molecule is COc1ccc(N(C(=O)C2CC2)C(C)CCN2CCN(CCc3cccs3)CC2)cc1. The van der Waals surface area contributed by atoms with Crippen LogP contribution in [-0.4, -0.2) is 68.1 Å². The molecule has 2 aromatic rings. The Balaban J connectivity index is 1.26. The number of benzene rings is 1. The lowest BCUT2D eigenvalue weighted by molar-refractivity contribution is -0.120. The third-order valence-electron chi connectivity index (χ3n) is 6.54. The number of anilines is 1. The molecule has 0 bridgehead atoms. The normalized spacial score (nSPS) is 18.6. The topological polar surface area (TPSA) is 36.0 Å². The van der Waals surface area contributed by atoms with Crippen molar-refractivity contribution in [1.82, 2.24) is 9.80 Å². The first-order valence-electron chi connectivity index (χ1n) is 11.6. The van der Waals surface area contributed by atoms with Gasteiger partial charge in [-0.15, -0.1) is 11.3 Å². The molecular formula is C25H35N3O2S. The number of carbonyl (C=O) groups is 1. The molecule has 1 saturated heterocycles. The van der Waals surface area contributed by atoms with E-state index in [1.165, 1.54) is 4.88 Å². The molecule has 0 N–H and O–H groups in total. The summed E-state index contributed by atoms with van der Waals surface area (Å²) in [5.41, 5.74) is 0.989. The Kier molecular flexibility index (Phi) is 7.64. The van der Waals surface area contributed by atoms with Crippen LogP contribution >= 0.6 is 11.3 Å². The monoisotopic (exact) mass is 441 g/mol. The van der Waals surface area contributed by atoms with Gasteiger partial charge in [-0.3, -0.25) is 4.79 Å². The first-order valence-corrected chi connectivity index (χ1v) is 12.5. The van der Waals surface area contributed by atoms with Crippen LogP contribution < -0.4 is 9.64 Å². The van der Waals surface area contributed by atoms with Crippen LogP contribution in [0.2, 0.25) is 0 Å². The van der Waals surface area contributed by atoms with Crippen LogP contribution in [0, 0.1) is 5.92 Å². The minimum atomic E-state index is 0.193. The molecule has 1 aromatic carbocycles. The zero-order valence-electron chi connectivity index (χ0n) is 18.8. The lowest BCUT2D eigenvalue weighted by Crippen LogP contribution is -2.48. The second-order valence-electron chi connectivity index (χ2n) is 8.83. The highest BCUT2D eigenvalue weighted by Crippen LogP contribution is 2.34. The molecule has 31 heavy (non-hydrogen) atoms. The second-order valence-corrected chi connectivity index (χ2v) is 9.86. The Morgan fingerprint density at radius 2 is 1.77 bits per heavy atom. The van der Waals surface area contributed by atoms with E-state index in [4.69, 9.17) is 4.74 Å². The lowest BCUT2D eigenvalue weighted by atomic mass is 10.1. The summed E-state index contributed by atoms with van der Waals surface area (Å²) in [6.07, 6.45) is 4.23. The lowest BCUT2D eigenvalue weighted by Gasteiger charge is -2.36. The fraction of sp³-hybridized carbons (Fsp3) is 0.560. The Morgan fingerprint density at radius 3 is 2.35 bits per heavy atom. The third kappa shape index (κ3) is 6.09. The van der Waals surface area contributed by atoms with Gasteiger partial charge in [0.1, 0.15) is 5.75 Å². The fourth-order valence-electron chi connectivity index (χ4n) is 4.33. The summed E-state index contributed by atoms with van der Waals surface area (Å²) in [5, 5.41) is 2.16. The van der Waals surface area contributed by atoms with E-state index in [2.05, 4.69) is 34.2 Å². The van der Waals surface area contributed by atoms with E-state index in [1.54, 1.807) is 7.11 Å². The molecule has 1 atom stereocenters. The standard InChI is InChI=1S/C25H35N3O2S/c1-20(28(25(29)21-5-6-21)22-7-9-23(30-2)10-8-22)11-13-26-15-17-27(18-16-26)14-12-24-4-3-19-31-24/h3-4,7-10,19-21H,5-6,11-18H2,1-2H3. The smallest absolute Gasteiger partial charge is 0.230 e. The molecule has 5 nitrogen and oxygen atoms in total. The molecule has 1 saturated carbocycles. The number of nitrogens with zero attached hydrogens (tertiary/aromatic N) is 3. The summed E-state index contributed by atoms with van der Waals surface area (Å²) in [5.74, 6) is 1.33. The number of methoxy groups -OCH3 is 1. The van der Waals surface area contributed by atoms with Crippen LogP contribution in [0.1, 0.15) is 31.1 Å². The van der Waals surface area contributed by atoms with Crippen molar-refractivity contribution in [2.45, 2.75) is 38.6 Å². The van der Waals surface area contributed by atoms with E-state index < -0.39 is 0 Å². The summed E-state index contributed by atoms with van der Waals surface area (Å²) < 4.78 is 5.29. The van der Waals surface area contributed by atoms with Gasteiger partial charge < -0.3 is 19.4 Å². The Morgan fingerprint density at radius 1 is 1.10 bits per heavy atom. The van der Waals surface area contributed by atoms with Gasteiger partial charge in [0.05, 0.1) is 7.11 Å². The summed E-state index contributed by atoms with van der Waals surface area (Å²) >= 11 is 1.86. The van der Waals surface area contributed by atoms with Gasteiger partial charge in [-0.05, 0) is 68.3 Å². The van der Waals surface area contributed by atoms with Crippen molar-refractivity contribution in [2.24, 2.45) is 5.92 Å². The maximum atomic E-state index is 13.0. The molecule has 1 aromatic heterocycles. The van der Waals surface area contributed by atoms with Gasteiger partial charge in [0.15, 0.2) is 0 Å². The number of rotatable bonds is 10. The zero-order chi connectivity index (χ0) is 21.6. The van der Waals surface area contributed by atoms with Gasteiger partial charge in [0, 0.05) is 61.8 Å². The summed E-state index contributed by atoms with van der Waals surface area (Å²) in [6.45, 7) is 8.93. The molecule has 2 fully saturated rings. The summed E-state index contributed by atoms with van der Waals surface area (Å²) in [7, 11) is 1.67. The molecule has 1 aliphatic heterocycles. The van der Waals surface area contributed by atoms with Gasteiger partial charge in [-0.1, -0.05) is 6.07 Å². The Hall–Kier alpha value is -1.89. The zero-order valence-corrected chi connectivity index (χ0v) is 19.7. The van der Waals surface area contributed by atoms with Crippen LogP contribution in [0.15, 0.2) is 41.8 Å². The number of hydrogen-bond donors (Lipinski definition) is 0. The molecule has 6 heteroatoms. The molecule has 2 heterocycles. The van der Waals surface area contributed by atoms with E-state index in [9.17, 15) is 4.79 Å². The molecule has 1 aliphatic carbocycles. The maximum absolute atomic E-state index is 13.0. The van der Waals surface area contributed by atoms with Crippen molar-refractivity contribution in [1.29, 1.82) is 0 Å². The molecule has 0 spiro atoms. The predicted molar refractivity (Wildman–Crippen MR) is 128 cm³/mol. The van der Waals surface area contributed by atoms with Gasteiger partial charge in [-0.2, -0.15) is 0 Å². The largest absolute Gasteiger partial charge is 0.497 e. The molecule has 2 aliphatic rings. The number of carbonyl (C=O) groups excluding carboxylic acids is 1. The molecular weight excluding hydrogens is 406 g/mol. The highest BCUT2D eigenvalue weighted by molar-refractivity contribution is 7.09.